The highest BCUT2D eigenvalue weighted by atomic mass is 16.4. The van der Waals surface area contributed by atoms with E-state index in [0.29, 0.717) is 17.7 Å². The van der Waals surface area contributed by atoms with Crippen LogP contribution in [0.15, 0.2) is 18.2 Å². The summed E-state index contributed by atoms with van der Waals surface area (Å²) in [6.45, 7) is 3.50. The van der Waals surface area contributed by atoms with Gasteiger partial charge in [0.05, 0.1) is 17.7 Å². The highest BCUT2D eigenvalue weighted by molar-refractivity contribution is 6.21. The van der Waals surface area contributed by atoms with Crippen molar-refractivity contribution in [2.75, 3.05) is 18.9 Å². The lowest BCUT2D eigenvalue weighted by atomic mass is 9.99. The van der Waals surface area contributed by atoms with Crippen LogP contribution in [0.4, 0.5) is 5.69 Å². The molecule has 1 aromatic rings. The van der Waals surface area contributed by atoms with E-state index in [2.05, 4.69) is 10.6 Å². The van der Waals surface area contributed by atoms with E-state index in [1.807, 2.05) is 6.92 Å². The van der Waals surface area contributed by atoms with E-state index in [9.17, 15) is 24.3 Å². The van der Waals surface area contributed by atoms with E-state index < -0.39 is 23.8 Å². The number of carboxylic acid groups (broad SMARTS) is 1. The lowest BCUT2D eigenvalue weighted by Gasteiger charge is -2.19. The molecule has 8 heteroatoms. The first-order valence-electron chi connectivity index (χ1n) is 7.98. The van der Waals surface area contributed by atoms with Crippen molar-refractivity contribution < 1.29 is 24.3 Å². The normalized spacial score (nSPS) is 15.7. The number of anilines is 1. The van der Waals surface area contributed by atoms with Crippen molar-refractivity contribution in [3.63, 3.8) is 0 Å². The van der Waals surface area contributed by atoms with Crippen molar-refractivity contribution in [3.8, 4) is 0 Å². The molecule has 3 amide bonds. The van der Waals surface area contributed by atoms with Crippen LogP contribution in [0.3, 0.4) is 0 Å². The molecule has 1 aromatic carbocycles. The summed E-state index contributed by atoms with van der Waals surface area (Å²) in [6, 6.07) is 3.65. The molecule has 1 aliphatic rings. The first-order valence-corrected chi connectivity index (χ1v) is 7.98. The Labute approximate surface area is 145 Å². The molecule has 0 spiro atoms. The lowest BCUT2D eigenvalue weighted by molar-refractivity contribution is -0.140. The molecule has 1 heterocycles. The summed E-state index contributed by atoms with van der Waals surface area (Å²) in [7, 11) is 1.40. The quantitative estimate of drug-likeness (QED) is 0.632. The van der Waals surface area contributed by atoms with E-state index in [1.54, 1.807) is 6.92 Å². The van der Waals surface area contributed by atoms with Gasteiger partial charge in [-0.25, -0.2) is 0 Å². The number of carboxylic acids is 1. The van der Waals surface area contributed by atoms with Crippen LogP contribution in [0.2, 0.25) is 0 Å². The van der Waals surface area contributed by atoms with E-state index >= 15 is 0 Å². The van der Waals surface area contributed by atoms with Gasteiger partial charge in [0.2, 0.25) is 5.91 Å². The van der Waals surface area contributed by atoms with Crippen LogP contribution >= 0.6 is 0 Å². The number of rotatable bonds is 7. The van der Waals surface area contributed by atoms with Crippen LogP contribution in [-0.4, -0.2) is 53.3 Å². The minimum atomic E-state index is -1.01. The molecule has 2 atom stereocenters. The van der Waals surface area contributed by atoms with Crippen molar-refractivity contribution in [2.24, 2.45) is 5.92 Å². The van der Waals surface area contributed by atoms with Gasteiger partial charge < -0.3 is 10.4 Å². The van der Waals surface area contributed by atoms with Gasteiger partial charge in [-0.05, 0) is 24.1 Å². The topological polar surface area (TPSA) is 116 Å². The number of hydrogen-bond donors (Lipinski definition) is 3. The maximum Gasteiger partial charge on any atom is 0.320 e. The number of imide groups is 1. The van der Waals surface area contributed by atoms with Crippen LogP contribution < -0.4 is 10.6 Å². The van der Waals surface area contributed by atoms with Gasteiger partial charge in [-0.1, -0.05) is 20.3 Å². The molecule has 1 aliphatic heterocycles. The van der Waals surface area contributed by atoms with Crippen molar-refractivity contribution in [3.05, 3.63) is 29.3 Å². The Morgan fingerprint density at radius 2 is 1.84 bits per heavy atom. The van der Waals surface area contributed by atoms with Crippen LogP contribution in [0.1, 0.15) is 41.0 Å². The number of carbonyl (C=O) groups excluding carboxylic acids is 3. The fourth-order valence-electron chi connectivity index (χ4n) is 2.61. The van der Waals surface area contributed by atoms with Crippen LogP contribution in [0, 0.1) is 5.92 Å². The molecule has 0 saturated heterocycles. The molecule has 0 aliphatic carbocycles. The molecule has 0 aromatic heterocycles. The minimum Gasteiger partial charge on any atom is -0.480 e. The molecule has 8 nitrogen and oxygen atoms in total. The summed E-state index contributed by atoms with van der Waals surface area (Å²) >= 11 is 0. The van der Waals surface area contributed by atoms with E-state index in [4.69, 9.17) is 0 Å². The van der Waals surface area contributed by atoms with Crippen LogP contribution in [-0.2, 0) is 9.59 Å². The average molecular weight is 347 g/mol. The Morgan fingerprint density at radius 1 is 1.20 bits per heavy atom. The second kappa shape index (κ2) is 7.43. The summed E-state index contributed by atoms with van der Waals surface area (Å²) in [5.41, 5.74) is 0.907. The molecule has 0 fully saturated rings. The average Bonchev–Trinajstić information content (AvgIpc) is 2.78. The zero-order valence-corrected chi connectivity index (χ0v) is 14.3. The van der Waals surface area contributed by atoms with E-state index in [-0.39, 0.29) is 23.9 Å². The van der Waals surface area contributed by atoms with Crippen molar-refractivity contribution in [1.82, 2.24) is 10.2 Å². The molecule has 0 unspecified atom stereocenters. The number of fused-ring (bicyclic) bond motifs is 1. The predicted molar refractivity (Wildman–Crippen MR) is 90.4 cm³/mol. The number of aliphatic carboxylic acids is 1. The number of hydrogen-bond acceptors (Lipinski definition) is 5. The van der Waals surface area contributed by atoms with Gasteiger partial charge in [-0.2, -0.15) is 0 Å². The lowest BCUT2D eigenvalue weighted by Crippen LogP contribution is -2.45. The fraction of sp³-hybridized carbons (Fsp3) is 0.412. The number of amides is 3. The summed E-state index contributed by atoms with van der Waals surface area (Å²) in [5, 5.41) is 14.5. The summed E-state index contributed by atoms with van der Waals surface area (Å²) < 4.78 is 0. The van der Waals surface area contributed by atoms with Gasteiger partial charge in [0.25, 0.3) is 11.8 Å². The Hall–Kier alpha value is -2.74. The highest BCUT2D eigenvalue weighted by Gasteiger charge is 2.32. The van der Waals surface area contributed by atoms with Crippen LogP contribution in [0.5, 0.6) is 0 Å². The van der Waals surface area contributed by atoms with Crippen molar-refractivity contribution >= 4 is 29.4 Å². The third-order valence-corrected chi connectivity index (χ3v) is 4.33. The monoisotopic (exact) mass is 347 g/mol. The standard InChI is InChI=1S/C17H21N3O5/c1-4-9(2)14(17(24)25)18-8-13(21)19-10-5-6-11-12(7-10)16(23)20(3)15(11)22/h5-7,9,14,18H,4,8H2,1-3H3,(H,19,21)(H,24,25)/t9-,14-/m0/s1. The smallest absolute Gasteiger partial charge is 0.320 e. The summed E-state index contributed by atoms with van der Waals surface area (Å²) in [4.78, 5) is 48.1. The third-order valence-electron chi connectivity index (χ3n) is 4.33. The Balaban J connectivity index is 2.01. The zero-order valence-electron chi connectivity index (χ0n) is 14.3. The van der Waals surface area contributed by atoms with E-state index in [1.165, 1.54) is 25.2 Å². The largest absolute Gasteiger partial charge is 0.480 e. The van der Waals surface area contributed by atoms with Gasteiger partial charge in [-0.3, -0.25) is 29.4 Å². The van der Waals surface area contributed by atoms with Gasteiger partial charge in [0.15, 0.2) is 0 Å². The highest BCUT2D eigenvalue weighted by Crippen LogP contribution is 2.24. The number of benzene rings is 1. The maximum atomic E-state index is 12.0. The minimum absolute atomic E-state index is 0.121. The molecular weight excluding hydrogens is 326 g/mol. The third kappa shape index (κ3) is 3.85. The Kier molecular flexibility index (Phi) is 5.53. The molecule has 0 radical (unpaired) electrons. The summed E-state index contributed by atoms with van der Waals surface area (Å²) in [6.07, 6.45) is 0.667. The first kappa shape index (κ1) is 18.6. The maximum absolute atomic E-state index is 12.0. The Bertz CT molecular complexity index is 731. The first-order chi connectivity index (χ1) is 11.8. The second-order valence-electron chi connectivity index (χ2n) is 6.06. The number of nitrogens with zero attached hydrogens (tertiary/aromatic N) is 1. The predicted octanol–water partition coefficient (Wildman–Crippen LogP) is 0.940. The van der Waals surface area contributed by atoms with Gasteiger partial charge >= 0.3 is 5.97 Å². The van der Waals surface area contributed by atoms with Gasteiger partial charge in [0, 0.05) is 12.7 Å². The zero-order chi connectivity index (χ0) is 18.7. The van der Waals surface area contributed by atoms with Gasteiger partial charge in [0.1, 0.15) is 6.04 Å². The molecular formula is C17H21N3O5. The molecule has 0 bridgehead atoms. The van der Waals surface area contributed by atoms with Crippen molar-refractivity contribution in [1.29, 1.82) is 0 Å². The van der Waals surface area contributed by atoms with Crippen molar-refractivity contribution in [2.45, 2.75) is 26.3 Å². The molecule has 25 heavy (non-hydrogen) atoms. The molecule has 2 rings (SSSR count). The second-order valence-corrected chi connectivity index (χ2v) is 6.06. The van der Waals surface area contributed by atoms with Gasteiger partial charge in [-0.15, -0.1) is 0 Å². The molecule has 134 valence electrons. The van der Waals surface area contributed by atoms with Crippen LogP contribution in [0.25, 0.3) is 0 Å². The SMILES string of the molecule is CC[C@H](C)[C@H](NCC(=O)Nc1ccc2c(c1)C(=O)N(C)C2=O)C(=O)O. The van der Waals surface area contributed by atoms with E-state index in [0.717, 1.165) is 4.90 Å². The Morgan fingerprint density at radius 3 is 2.44 bits per heavy atom. The summed E-state index contributed by atoms with van der Waals surface area (Å²) in [5.74, 6) is -2.36. The molecule has 0 saturated carbocycles. The number of carbonyl (C=O) groups is 4. The fourth-order valence-corrected chi connectivity index (χ4v) is 2.61. The number of nitrogens with one attached hydrogen (secondary N) is 2. The molecule has 3 N–H and O–H groups in total.